The summed E-state index contributed by atoms with van der Waals surface area (Å²) in [4.78, 5) is 14.9. The number of ether oxygens (including phenoxy) is 3. The van der Waals surface area contributed by atoms with Gasteiger partial charge in [0.05, 0.1) is 26.3 Å². The molecule has 1 aromatic heterocycles. The third-order valence-corrected chi connectivity index (χ3v) is 2.20. The minimum absolute atomic E-state index is 0.119. The lowest BCUT2D eigenvalue weighted by atomic mass is 10.2. The van der Waals surface area contributed by atoms with Gasteiger partial charge in [0.25, 0.3) is 0 Å². The average molecular weight is 279 g/mol. The molecule has 0 bridgehead atoms. The van der Waals surface area contributed by atoms with Crippen LogP contribution in [-0.2, 0) is 16.0 Å². The number of hydrogen-bond donors (Lipinski definition) is 0. The van der Waals surface area contributed by atoms with Crippen molar-refractivity contribution in [1.29, 1.82) is 0 Å². The number of pyridine rings is 1. The molecule has 1 heterocycles. The Morgan fingerprint density at radius 3 is 2.42 bits per heavy atom. The molecule has 0 aromatic carbocycles. The topological polar surface area (TPSA) is 57.7 Å². The monoisotopic (exact) mass is 279 g/mol. The van der Waals surface area contributed by atoms with E-state index >= 15 is 0 Å². The third-order valence-electron chi connectivity index (χ3n) is 2.20. The fraction of sp³-hybridized carbons (Fsp3) is 0.455. The van der Waals surface area contributed by atoms with Crippen LogP contribution < -0.4 is 9.47 Å². The van der Waals surface area contributed by atoms with E-state index in [0.29, 0.717) is 5.56 Å². The summed E-state index contributed by atoms with van der Waals surface area (Å²) in [5.41, 5.74) is 0.155. The summed E-state index contributed by atoms with van der Waals surface area (Å²) in [5, 5.41) is 0. The Morgan fingerprint density at radius 2 is 1.95 bits per heavy atom. The van der Waals surface area contributed by atoms with Gasteiger partial charge in [-0.15, -0.1) is 13.2 Å². The number of aromatic nitrogens is 1. The van der Waals surface area contributed by atoms with Crippen molar-refractivity contribution in [2.75, 3.05) is 14.2 Å². The number of methoxy groups -OCH3 is 2. The predicted molar refractivity (Wildman–Crippen MR) is 57.9 cm³/mol. The van der Waals surface area contributed by atoms with Crippen LogP contribution in [0.4, 0.5) is 13.2 Å². The summed E-state index contributed by atoms with van der Waals surface area (Å²) in [6, 6.07) is 0. The van der Waals surface area contributed by atoms with Crippen molar-refractivity contribution in [3.8, 4) is 11.5 Å². The lowest BCUT2D eigenvalue weighted by Gasteiger charge is -2.16. The van der Waals surface area contributed by atoms with E-state index in [-0.39, 0.29) is 11.4 Å². The fourth-order valence-corrected chi connectivity index (χ4v) is 1.41. The highest BCUT2D eigenvalue weighted by atomic mass is 19.4. The number of rotatable bonds is 4. The smallest absolute Gasteiger partial charge is 0.492 e. The number of aryl methyl sites for hydroxylation is 1. The van der Waals surface area contributed by atoms with Gasteiger partial charge in [0.2, 0.25) is 0 Å². The van der Waals surface area contributed by atoms with Gasteiger partial charge in [-0.05, 0) is 6.92 Å². The lowest BCUT2D eigenvalue weighted by Crippen LogP contribution is -2.20. The second kappa shape index (κ2) is 5.77. The van der Waals surface area contributed by atoms with Crippen LogP contribution >= 0.6 is 0 Å². The van der Waals surface area contributed by atoms with Gasteiger partial charge >= 0.3 is 12.3 Å². The van der Waals surface area contributed by atoms with Gasteiger partial charge in [0.15, 0.2) is 11.5 Å². The molecule has 0 aliphatic rings. The van der Waals surface area contributed by atoms with Crippen LogP contribution in [0.2, 0.25) is 0 Å². The number of esters is 1. The van der Waals surface area contributed by atoms with Crippen LogP contribution in [0.15, 0.2) is 6.20 Å². The van der Waals surface area contributed by atoms with E-state index in [4.69, 9.17) is 4.74 Å². The summed E-state index contributed by atoms with van der Waals surface area (Å²) >= 11 is 0. The minimum Gasteiger partial charge on any atom is -0.492 e. The van der Waals surface area contributed by atoms with E-state index in [2.05, 4.69) is 14.5 Å². The van der Waals surface area contributed by atoms with Gasteiger partial charge in [0, 0.05) is 11.8 Å². The maximum absolute atomic E-state index is 12.4. The normalized spacial score (nSPS) is 11.1. The van der Waals surface area contributed by atoms with Crippen molar-refractivity contribution in [3.63, 3.8) is 0 Å². The van der Waals surface area contributed by atoms with Crippen molar-refractivity contribution in [3.05, 3.63) is 17.5 Å². The summed E-state index contributed by atoms with van der Waals surface area (Å²) in [6.45, 7) is 1.51. The summed E-state index contributed by atoms with van der Waals surface area (Å²) in [7, 11) is 2.32. The molecule has 0 amide bonds. The molecule has 0 saturated heterocycles. The number of nitrogens with zero attached hydrogens (tertiary/aromatic N) is 1. The number of hydrogen-bond acceptors (Lipinski definition) is 5. The van der Waals surface area contributed by atoms with E-state index in [1.54, 1.807) is 0 Å². The molecule has 0 N–H and O–H groups in total. The number of halogens is 3. The first kappa shape index (κ1) is 15.1. The molecular weight excluding hydrogens is 267 g/mol. The molecule has 0 aliphatic heterocycles. The number of alkyl halides is 3. The van der Waals surface area contributed by atoms with Gasteiger partial charge in [-0.1, -0.05) is 0 Å². The SMILES string of the molecule is COC(=O)Cc1ncc(C)c(OC)c1OC(F)(F)F. The van der Waals surface area contributed by atoms with Crippen LogP contribution in [0.25, 0.3) is 0 Å². The Labute approximate surface area is 107 Å². The first-order valence-corrected chi connectivity index (χ1v) is 5.13. The van der Waals surface area contributed by atoms with E-state index in [1.807, 2.05) is 0 Å². The molecule has 8 heteroatoms. The summed E-state index contributed by atoms with van der Waals surface area (Å²) in [6.07, 6.45) is -4.06. The highest BCUT2D eigenvalue weighted by Gasteiger charge is 2.35. The molecule has 0 unspecified atom stereocenters. The highest BCUT2D eigenvalue weighted by molar-refractivity contribution is 5.73. The first-order chi connectivity index (χ1) is 8.78. The van der Waals surface area contributed by atoms with Crippen molar-refractivity contribution in [2.45, 2.75) is 19.7 Å². The Bertz CT molecular complexity index is 474. The predicted octanol–water partition coefficient (Wildman–Crippen LogP) is 2.01. The van der Waals surface area contributed by atoms with Crippen LogP contribution in [0.3, 0.4) is 0 Å². The molecule has 0 radical (unpaired) electrons. The molecule has 0 aliphatic carbocycles. The molecule has 106 valence electrons. The first-order valence-electron chi connectivity index (χ1n) is 5.13. The Morgan fingerprint density at radius 1 is 1.32 bits per heavy atom. The lowest BCUT2D eigenvalue weighted by molar-refractivity contribution is -0.275. The second-order valence-corrected chi connectivity index (χ2v) is 3.55. The molecule has 0 atom stereocenters. The van der Waals surface area contributed by atoms with Gasteiger partial charge < -0.3 is 14.2 Å². The maximum Gasteiger partial charge on any atom is 0.573 e. The van der Waals surface area contributed by atoms with Crippen molar-refractivity contribution < 1.29 is 32.2 Å². The zero-order valence-electron chi connectivity index (χ0n) is 10.5. The number of carbonyl (C=O) groups is 1. The molecule has 1 aromatic rings. The Balaban J connectivity index is 3.25. The average Bonchev–Trinajstić information content (AvgIpc) is 2.31. The van der Waals surface area contributed by atoms with Crippen LogP contribution in [0.1, 0.15) is 11.3 Å². The van der Waals surface area contributed by atoms with Gasteiger partial charge in [0.1, 0.15) is 0 Å². The van der Waals surface area contributed by atoms with Crippen LogP contribution in [-0.4, -0.2) is 31.5 Å². The van der Waals surface area contributed by atoms with Crippen LogP contribution in [0.5, 0.6) is 11.5 Å². The quantitative estimate of drug-likeness (QED) is 0.789. The molecule has 0 fully saturated rings. The molecule has 5 nitrogen and oxygen atoms in total. The Hall–Kier alpha value is -1.99. The standard InChI is InChI=1S/C11H12F3NO4/c1-6-5-15-7(4-8(16)17-2)10(9(6)18-3)19-11(12,13)14/h5H,4H2,1-3H3. The van der Waals surface area contributed by atoms with Gasteiger partial charge in [-0.3, -0.25) is 9.78 Å². The van der Waals surface area contributed by atoms with Crippen molar-refractivity contribution in [2.24, 2.45) is 0 Å². The molecule has 1 rings (SSSR count). The van der Waals surface area contributed by atoms with E-state index in [1.165, 1.54) is 20.2 Å². The van der Waals surface area contributed by atoms with Crippen LogP contribution in [0, 0.1) is 6.92 Å². The highest BCUT2D eigenvalue weighted by Crippen LogP contribution is 2.37. The maximum atomic E-state index is 12.4. The molecular formula is C11H12F3NO4. The fourth-order valence-electron chi connectivity index (χ4n) is 1.41. The third kappa shape index (κ3) is 4.01. The van der Waals surface area contributed by atoms with E-state index in [0.717, 1.165) is 7.11 Å². The van der Waals surface area contributed by atoms with E-state index < -0.39 is 24.5 Å². The van der Waals surface area contributed by atoms with Crippen molar-refractivity contribution >= 4 is 5.97 Å². The summed E-state index contributed by atoms with van der Waals surface area (Å²) < 4.78 is 50.2. The molecule has 0 spiro atoms. The van der Waals surface area contributed by atoms with Crippen molar-refractivity contribution in [1.82, 2.24) is 4.98 Å². The zero-order valence-corrected chi connectivity index (χ0v) is 10.5. The van der Waals surface area contributed by atoms with Gasteiger partial charge in [-0.2, -0.15) is 0 Å². The van der Waals surface area contributed by atoms with E-state index in [9.17, 15) is 18.0 Å². The molecule has 0 saturated carbocycles. The second-order valence-electron chi connectivity index (χ2n) is 3.55. The molecule has 19 heavy (non-hydrogen) atoms. The number of carbonyl (C=O) groups excluding carboxylic acids is 1. The summed E-state index contributed by atoms with van der Waals surface area (Å²) in [5.74, 6) is -1.47. The largest absolute Gasteiger partial charge is 0.573 e. The Kier molecular flexibility index (Phi) is 4.57. The minimum atomic E-state index is -4.91. The zero-order chi connectivity index (χ0) is 14.6. The van der Waals surface area contributed by atoms with Gasteiger partial charge in [-0.25, -0.2) is 0 Å².